The van der Waals surface area contributed by atoms with E-state index in [1.54, 1.807) is 11.1 Å². The molecule has 0 radical (unpaired) electrons. The lowest BCUT2D eigenvalue weighted by Gasteiger charge is -2.35. The number of anilines is 2. The number of rotatable bonds is 7. The van der Waals surface area contributed by atoms with Crippen LogP contribution in [0.3, 0.4) is 0 Å². The summed E-state index contributed by atoms with van der Waals surface area (Å²) in [6.07, 6.45) is 4.99. The van der Waals surface area contributed by atoms with Crippen molar-refractivity contribution >= 4 is 39.5 Å². The second-order valence-electron chi connectivity index (χ2n) is 9.53. The molecule has 0 aliphatic carbocycles. The van der Waals surface area contributed by atoms with Crippen LogP contribution in [0.2, 0.25) is 0 Å². The molecule has 11 nitrogen and oxygen atoms in total. The van der Waals surface area contributed by atoms with Crippen molar-refractivity contribution in [2.24, 2.45) is 0 Å². The van der Waals surface area contributed by atoms with Crippen molar-refractivity contribution in [3.05, 3.63) is 72.5 Å². The Morgan fingerprint density at radius 1 is 1.10 bits per heavy atom. The fraction of sp³-hybridized carbons (Fsp3) is 0.250. The predicted octanol–water partition coefficient (Wildman–Crippen LogP) is 4.09. The van der Waals surface area contributed by atoms with Crippen LogP contribution < -0.4 is 15.0 Å². The van der Waals surface area contributed by atoms with Crippen LogP contribution in [0.25, 0.3) is 21.8 Å². The van der Waals surface area contributed by atoms with Gasteiger partial charge in [-0.3, -0.25) is 9.89 Å². The van der Waals surface area contributed by atoms with Gasteiger partial charge in [0.1, 0.15) is 22.9 Å². The first kappa shape index (κ1) is 24.4. The van der Waals surface area contributed by atoms with Gasteiger partial charge in [-0.15, -0.1) is 0 Å². The third-order valence-corrected chi connectivity index (χ3v) is 6.89. The zero-order valence-electron chi connectivity index (χ0n) is 21.9. The molecule has 0 bridgehead atoms. The molecule has 198 valence electrons. The topological polar surface area (TPSA) is 128 Å². The Labute approximate surface area is 224 Å². The Morgan fingerprint density at radius 2 is 1.95 bits per heavy atom. The van der Waals surface area contributed by atoms with Crippen LogP contribution >= 0.6 is 0 Å². The second-order valence-corrected chi connectivity index (χ2v) is 9.53. The first-order valence-electron chi connectivity index (χ1n) is 12.8. The number of aromatic nitrogens is 6. The predicted molar refractivity (Wildman–Crippen MR) is 150 cm³/mol. The van der Waals surface area contributed by atoms with Crippen LogP contribution in [-0.4, -0.2) is 67.1 Å². The minimum atomic E-state index is -0.0576. The monoisotopic (exact) mass is 523 g/mol. The molecule has 39 heavy (non-hydrogen) atoms. The van der Waals surface area contributed by atoms with E-state index in [9.17, 15) is 4.79 Å². The number of hydrogen-bond acceptors (Lipinski definition) is 8. The normalized spacial score (nSPS) is 13.7. The van der Waals surface area contributed by atoms with E-state index in [1.807, 2.05) is 50.4 Å². The molecule has 1 aliphatic rings. The number of aryl methyl sites for hydroxylation is 2. The van der Waals surface area contributed by atoms with Gasteiger partial charge in [0, 0.05) is 37.8 Å². The number of hydrogen-bond donors (Lipinski definition) is 3. The SMILES string of the molecule is C=CC(=O)N1CCN(c2nc(NCc3nc(C)c[nH]3)nc3c(Oc4c(C)ccc5[nH]ncc45)cccc23)CC1. The van der Waals surface area contributed by atoms with Crippen molar-refractivity contribution in [2.45, 2.75) is 20.4 Å². The van der Waals surface area contributed by atoms with E-state index in [1.165, 1.54) is 6.08 Å². The van der Waals surface area contributed by atoms with Gasteiger partial charge in [0.05, 0.1) is 29.3 Å². The molecular weight excluding hydrogens is 494 g/mol. The van der Waals surface area contributed by atoms with Gasteiger partial charge < -0.3 is 24.8 Å². The summed E-state index contributed by atoms with van der Waals surface area (Å²) >= 11 is 0. The van der Waals surface area contributed by atoms with E-state index < -0.39 is 0 Å². The number of benzene rings is 2. The van der Waals surface area contributed by atoms with Gasteiger partial charge in [0.25, 0.3) is 0 Å². The average molecular weight is 524 g/mol. The summed E-state index contributed by atoms with van der Waals surface area (Å²) < 4.78 is 6.54. The third-order valence-electron chi connectivity index (χ3n) is 6.89. The summed E-state index contributed by atoms with van der Waals surface area (Å²) in [6.45, 7) is 10.5. The molecule has 3 N–H and O–H groups in total. The molecule has 1 saturated heterocycles. The first-order chi connectivity index (χ1) is 19.0. The van der Waals surface area contributed by atoms with E-state index in [2.05, 4.69) is 37.0 Å². The van der Waals surface area contributed by atoms with Gasteiger partial charge in [-0.25, -0.2) is 9.97 Å². The van der Waals surface area contributed by atoms with Crippen LogP contribution in [-0.2, 0) is 11.3 Å². The van der Waals surface area contributed by atoms with E-state index >= 15 is 0 Å². The van der Waals surface area contributed by atoms with Crippen molar-refractivity contribution < 1.29 is 9.53 Å². The number of nitrogens with zero attached hydrogens (tertiary/aromatic N) is 6. The minimum absolute atomic E-state index is 0.0576. The van der Waals surface area contributed by atoms with E-state index in [0.29, 0.717) is 49.9 Å². The maximum Gasteiger partial charge on any atom is 0.246 e. The Balaban J connectivity index is 1.40. The molecule has 11 heteroatoms. The molecule has 1 amide bonds. The molecule has 0 atom stereocenters. The van der Waals surface area contributed by atoms with E-state index in [4.69, 9.17) is 14.7 Å². The summed E-state index contributed by atoms with van der Waals surface area (Å²) in [5.41, 5.74) is 3.49. The maximum absolute atomic E-state index is 12.1. The highest BCUT2D eigenvalue weighted by molar-refractivity contribution is 5.95. The summed E-state index contributed by atoms with van der Waals surface area (Å²) in [5, 5.41) is 12.3. The molecule has 6 rings (SSSR count). The highest BCUT2D eigenvalue weighted by Gasteiger charge is 2.24. The fourth-order valence-electron chi connectivity index (χ4n) is 4.84. The number of imidazole rings is 1. The largest absolute Gasteiger partial charge is 0.454 e. The Kier molecular flexibility index (Phi) is 6.31. The quantitative estimate of drug-likeness (QED) is 0.272. The van der Waals surface area contributed by atoms with Crippen LogP contribution in [0.15, 0.2) is 55.4 Å². The summed E-state index contributed by atoms with van der Waals surface area (Å²) in [6, 6.07) is 9.86. The molecule has 0 saturated carbocycles. The molecule has 1 aliphatic heterocycles. The molecule has 1 fully saturated rings. The Morgan fingerprint density at radius 3 is 2.72 bits per heavy atom. The van der Waals surface area contributed by atoms with E-state index in [0.717, 1.165) is 44.9 Å². The van der Waals surface area contributed by atoms with Gasteiger partial charge in [-0.2, -0.15) is 10.1 Å². The fourth-order valence-corrected chi connectivity index (χ4v) is 4.84. The minimum Gasteiger partial charge on any atom is -0.454 e. The summed E-state index contributed by atoms with van der Waals surface area (Å²) in [4.78, 5) is 33.6. The highest BCUT2D eigenvalue weighted by atomic mass is 16.5. The molecule has 0 unspecified atom stereocenters. The maximum atomic E-state index is 12.1. The van der Waals surface area contributed by atoms with Gasteiger partial charge in [0.15, 0.2) is 5.75 Å². The standard InChI is InChI=1S/C28H29N9O2/c1-4-24(38)36-10-12-37(13-11-36)27-19-6-5-7-22(39-26-17(2)8-9-21-20(26)15-31-35-21)25(19)33-28(34-27)30-16-23-29-14-18(3)32-23/h4-9,14-15H,1,10-13,16H2,2-3H3,(H,29,32)(H,31,35)(H,30,33,34). The number of amides is 1. The molecule has 0 spiro atoms. The van der Waals surface area contributed by atoms with Crippen molar-refractivity contribution in [3.8, 4) is 11.5 Å². The number of nitrogens with one attached hydrogen (secondary N) is 3. The van der Waals surface area contributed by atoms with Crippen LogP contribution in [0, 0.1) is 13.8 Å². The number of carbonyl (C=O) groups is 1. The average Bonchev–Trinajstić information content (AvgIpc) is 3.61. The number of carbonyl (C=O) groups excluding carboxylic acids is 1. The van der Waals surface area contributed by atoms with Gasteiger partial charge in [-0.1, -0.05) is 18.7 Å². The van der Waals surface area contributed by atoms with E-state index in [-0.39, 0.29) is 5.91 Å². The Hall–Kier alpha value is -4.93. The third kappa shape index (κ3) is 4.74. The van der Waals surface area contributed by atoms with Gasteiger partial charge in [0.2, 0.25) is 11.9 Å². The number of ether oxygens (including phenoxy) is 1. The molecular formula is C28H29N9O2. The number of fused-ring (bicyclic) bond motifs is 2. The Bertz CT molecular complexity index is 1680. The molecule has 3 aromatic heterocycles. The number of aromatic amines is 2. The second kappa shape index (κ2) is 10.1. The van der Waals surface area contributed by atoms with Crippen molar-refractivity contribution in [3.63, 3.8) is 0 Å². The first-order valence-corrected chi connectivity index (χ1v) is 12.8. The lowest BCUT2D eigenvalue weighted by atomic mass is 10.1. The lowest BCUT2D eigenvalue weighted by Crippen LogP contribution is -2.48. The van der Waals surface area contributed by atoms with Crippen LogP contribution in [0.5, 0.6) is 11.5 Å². The van der Waals surface area contributed by atoms with Gasteiger partial charge in [-0.05, 0) is 43.7 Å². The van der Waals surface area contributed by atoms with Gasteiger partial charge >= 0.3 is 0 Å². The zero-order valence-corrected chi connectivity index (χ0v) is 21.9. The molecule has 2 aromatic carbocycles. The zero-order chi connectivity index (χ0) is 26.9. The smallest absolute Gasteiger partial charge is 0.246 e. The van der Waals surface area contributed by atoms with Crippen molar-refractivity contribution in [2.75, 3.05) is 36.4 Å². The molecule has 4 heterocycles. The van der Waals surface area contributed by atoms with Crippen LogP contribution in [0.1, 0.15) is 17.1 Å². The number of H-pyrrole nitrogens is 2. The van der Waals surface area contributed by atoms with Crippen molar-refractivity contribution in [1.29, 1.82) is 0 Å². The summed E-state index contributed by atoms with van der Waals surface area (Å²) in [7, 11) is 0. The summed E-state index contributed by atoms with van der Waals surface area (Å²) in [5.74, 6) is 3.33. The highest BCUT2D eigenvalue weighted by Crippen LogP contribution is 2.37. The van der Waals surface area contributed by atoms with Crippen LogP contribution in [0.4, 0.5) is 11.8 Å². The lowest BCUT2D eigenvalue weighted by molar-refractivity contribution is -0.126. The molecule has 5 aromatic rings. The number of para-hydroxylation sites is 1. The number of piperazine rings is 1. The van der Waals surface area contributed by atoms with Crippen molar-refractivity contribution in [1.82, 2.24) is 35.0 Å².